The van der Waals surface area contributed by atoms with E-state index in [0.717, 1.165) is 0 Å². The number of hydrogen-bond acceptors (Lipinski definition) is 5. The number of nitrogens with one attached hydrogen (secondary N) is 1. The highest BCUT2D eigenvalue weighted by Gasteiger charge is 2.11. The van der Waals surface area contributed by atoms with Gasteiger partial charge in [-0.25, -0.2) is 4.98 Å². The zero-order valence-electron chi connectivity index (χ0n) is 10.5. The smallest absolute Gasteiger partial charge is 0.241 e. The Bertz CT molecular complexity index is 533. The van der Waals surface area contributed by atoms with Crippen LogP contribution in [0.15, 0.2) is 18.7 Å². The van der Waals surface area contributed by atoms with E-state index in [1.165, 1.54) is 0 Å². The van der Waals surface area contributed by atoms with Crippen LogP contribution in [0.1, 0.15) is 13.8 Å². The Hall–Kier alpha value is -2.18. The number of amides is 1. The lowest BCUT2D eigenvalue weighted by Gasteiger charge is -2.18. The molecule has 0 aliphatic rings. The van der Waals surface area contributed by atoms with Crippen LogP contribution in [0.3, 0.4) is 0 Å². The van der Waals surface area contributed by atoms with Crippen molar-refractivity contribution in [2.45, 2.75) is 13.8 Å². The van der Waals surface area contributed by atoms with Gasteiger partial charge >= 0.3 is 0 Å². The highest BCUT2D eigenvalue weighted by atomic mass is 16.2. The molecule has 0 radical (unpaired) electrons. The van der Waals surface area contributed by atoms with Crippen LogP contribution in [0.25, 0.3) is 5.65 Å². The topological polar surface area (TPSA) is 75.4 Å². The molecule has 0 aromatic carbocycles. The van der Waals surface area contributed by atoms with E-state index in [1.54, 1.807) is 28.0 Å². The molecule has 0 saturated carbocycles. The van der Waals surface area contributed by atoms with Gasteiger partial charge in [-0.15, -0.1) is 10.2 Å². The fraction of sp³-hybridized carbons (Fsp3) is 0.455. The molecule has 2 aromatic rings. The summed E-state index contributed by atoms with van der Waals surface area (Å²) in [6.07, 6.45) is 4.99. The lowest BCUT2D eigenvalue weighted by molar-refractivity contribution is -0.128. The fourth-order valence-electron chi connectivity index (χ4n) is 1.73. The van der Waals surface area contributed by atoms with E-state index in [9.17, 15) is 4.79 Å². The van der Waals surface area contributed by atoms with Crippen molar-refractivity contribution < 1.29 is 4.79 Å². The van der Waals surface area contributed by atoms with Crippen molar-refractivity contribution in [1.29, 1.82) is 0 Å². The molecule has 0 unspecified atom stereocenters. The number of carbonyl (C=O) groups is 1. The van der Waals surface area contributed by atoms with Gasteiger partial charge < -0.3 is 10.2 Å². The van der Waals surface area contributed by atoms with Crippen molar-refractivity contribution in [2.75, 3.05) is 25.0 Å². The van der Waals surface area contributed by atoms with Crippen molar-refractivity contribution >= 4 is 17.4 Å². The Morgan fingerprint density at radius 3 is 2.94 bits per heavy atom. The number of nitrogens with zero attached hydrogens (tertiary/aromatic N) is 5. The fourth-order valence-corrected chi connectivity index (χ4v) is 1.73. The molecule has 0 saturated heterocycles. The number of aromatic nitrogens is 4. The number of rotatable bonds is 5. The van der Waals surface area contributed by atoms with Gasteiger partial charge in [-0.3, -0.25) is 9.20 Å². The molecular weight excluding hydrogens is 232 g/mol. The van der Waals surface area contributed by atoms with Gasteiger partial charge in [0.2, 0.25) is 11.6 Å². The normalized spacial score (nSPS) is 10.6. The standard InChI is InChI=1S/C11H16N6O/c1-3-16(4-2)9(18)7-13-10-11-15-14-8-17(11)6-5-12-10/h5-6,8H,3-4,7H2,1-2H3,(H,12,13). The lowest BCUT2D eigenvalue weighted by atomic mass is 10.4. The third kappa shape index (κ3) is 2.39. The molecule has 0 spiro atoms. The summed E-state index contributed by atoms with van der Waals surface area (Å²) >= 11 is 0. The van der Waals surface area contributed by atoms with Gasteiger partial charge in [0.1, 0.15) is 6.33 Å². The summed E-state index contributed by atoms with van der Waals surface area (Å²) in [5, 5.41) is 10.7. The zero-order chi connectivity index (χ0) is 13.0. The van der Waals surface area contributed by atoms with Gasteiger partial charge in [0, 0.05) is 25.5 Å². The highest BCUT2D eigenvalue weighted by molar-refractivity contribution is 5.81. The maximum absolute atomic E-state index is 11.8. The summed E-state index contributed by atoms with van der Waals surface area (Å²) in [5.41, 5.74) is 0.616. The first kappa shape index (κ1) is 12.3. The molecule has 0 atom stereocenters. The van der Waals surface area contributed by atoms with E-state index < -0.39 is 0 Å². The van der Waals surface area contributed by atoms with E-state index in [4.69, 9.17) is 0 Å². The van der Waals surface area contributed by atoms with Crippen LogP contribution in [-0.2, 0) is 4.79 Å². The van der Waals surface area contributed by atoms with Crippen molar-refractivity contribution in [1.82, 2.24) is 24.5 Å². The van der Waals surface area contributed by atoms with Crippen LogP contribution < -0.4 is 5.32 Å². The zero-order valence-corrected chi connectivity index (χ0v) is 10.5. The molecule has 0 bridgehead atoms. The maximum Gasteiger partial charge on any atom is 0.241 e. The number of hydrogen-bond donors (Lipinski definition) is 1. The highest BCUT2D eigenvalue weighted by Crippen LogP contribution is 2.09. The van der Waals surface area contributed by atoms with E-state index in [1.807, 2.05) is 13.8 Å². The summed E-state index contributed by atoms with van der Waals surface area (Å²) in [4.78, 5) is 17.8. The molecule has 18 heavy (non-hydrogen) atoms. The Labute approximate surface area is 105 Å². The van der Waals surface area contributed by atoms with E-state index >= 15 is 0 Å². The Morgan fingerprint density at radius 2 is 2.22 bits per heavy atom. The summed E-state index contributed by atoms with van der Waals surface area (Å²) in [7, 11) is 0. The summed E-state index contributed by atoms with van der Waals surface area (Å²) in [5.74, 6) is 0.610. The van der Waals surface area contributed by atoms with Gasteiger partial charge in [-0.05, 0) is 13.8 Å². The molecule has 0 fully saturated rings. The third-order valence-electron chi connectivity index (χ3n) is 2.74. The molecule has 7 heteroatoms. The summed E-state index contributed by atoms with van der Waals surface area (Å²) in [6, 6.07) is 0. The van der Waals surface area contributed by atoms with Crippen molar-refractivity contribution in [2.24, 2.45) is 0 Å². The van der Waals surface area contributed by atoms with Gasteiger partial charge in [0.25, 0.3) is 0 Å². The second kappa shape index (κ2) is 5.44. The molecule has 2 rings (SSSR count). The van der Waals surface area contributed by atoms with Crippen molar-refractivity contribution in [3.63, 3.8) is 0 Å². The van der Waals surface area contributed by atoms with Crippen molar-refractivity contribution in [3.8, 4) is 0 Å². The first-order chi connectivity index (χ1) is 8.76. The van der Waals surface area contributed by atoms with Crippen LogP contribution in [0.4, 0.5) is 5.82 Å². The Kier molecular flexibility index (Phi) is 3.71. The first-order valence-electron chi connectivity index (χ1n) is 5.92. The monoisotopic (exact) mass is 248 g/mol. The van der Waals surface area contributed by atoms with Gasteiger partial charge in [-0.1, -0.05) is 0 Å². The number of fused-ring (bicyclic) bond motifs is 1. The quantitative estimate of drug-likeness (QED) is 0.829. The average Bonchev–Trinajstić information content (AvgIpc) is 2.86. The minimum atomic E-state index is 0.0447. The molecule has 2 aromatic heterocycles. The SMILES string of the molecule is CCN(CC)C(=O)CNc1nccn2cnnc12. The molecule has 0 aliphatic carbocycles. The molecule has 7 nitrogen and oxygen atoms in total. The summed E-state index contributed by atoms with van der Waals surface area (Å²) < 4.78 is 1.75. The van der Waals surface area contributed by atoms with Gasteiger partial charge in [0.05, 0.1) is 6.54 Å². The first-order valence-corrected chi connectivity index (χ1v) is 5.92. The second-order valence-electron chi connectivity index (χ2n) is 3.76. The molecule has 1 N–H and O–H groups in total. The van der Waals surface area contributed by atoms with Crippen LogP contribution in [-0.4, -0.2) is 50.0 Å². The molecule has 0 aliphatic heterocycles. The minimum absolute atomic E-state index is 0.0447. The average molecular weight is 248 g/mol. The number of anilines is 1. The summed E-state index contributed by atoms with van der Waals surface area (Å²) in [6.45, 7) is 5.54. The molecule has 96 valence electrons. The van der Waals surface area contributed by atoms with E-state index in [2.05, 4.69) is 20.5 Å². The number of carbonyl (C=O) groups excluding carboxylic acids is 1. The maximum atomic E-state index is 11.8. The molecule has 1 amide bonds. The molecular formula is C11H16N6O. The molecule has 2 heterocycles. The van der Waals surface area contributed by atoms with Crippen LogP contribution >= 0.6 is 0 Å². The predicted molar refractivity (Wildman–Crippen MR) is 67.2 cm³/mol. The largest absolute Gasteiger partial charge is 0.358 e. The minimum Gasteiger partial charge on any atom is -0.358 e. The van der Waals surface area contributed by atoms with Gasteiger partial charge in [0.15, 0.2) is 5.82 Å². The second-order valence-corrected chi connectivity index (χ2v) is 3.76. The van der Waals surface area contributed by atoms with Crippen molar-refractivity contribution in [3.05, 3.63) is 18.7 Å². The predicted octanol–water partition coefficient (Wildman–Crippen LogP) is 0.405. The van der Waals surface area contributed by atoms with Crippen LogP contribution in [0.5, 0.6) is 0 Å². The van der Waals surface area contributed by atoms with E-state index in [-0.39, 0.29) is 12.5 Å². The lowest BCUT2D eigenvalue weighted by Crippen LogP contribution is -2.35. The Balaban J connectivity index is 2.06. The van der Waals surface area contributed by atoms with Gasteiger partial charge in [-0.2, -0.15) is 0 Å². The Morgan fingerprint density at radius 1 is 1.44 bits per heavy atom. The van der Waals surface area contributed by atoms with E-state index in [0.29, 0.717) is 24.6 Å². The third-order valence-corrected chi connectivity index (χ3v) is 2.74. The van der Waals surface area contributed by atoms with Crippen LogP contribution in [0, 0.1) is 0 Å². The number of likely N-dealkylation sites (N-methyl/N-ethyl adjacent to an activating group) is 1. The van der Waals surface area contributed by atoms with Crippen LogP contribution in [0.2, 0.25) is 0 Å².